The quantitative estimate of drug-likeness (QED) is 0.337. The normalized spacial score (nSPS) is 14.1. The van der Waals surface area contributed by atoms with Crippen molar-refractivity contribution >= 4 is 29.4 Å². The van der Waals surface area contributed by atoms with Crippen LogP contribution in [0.5, 0.6) is 5.75 Å². The topological polar surface area (TPSA) is 99.1 Å². The van der Waals surface area contributed by atoms with E-state index in [0.29, 0.717) is 18.8 Å². The molecule has 0 aromatic heterocycles. The van der Waals surface area contributed by atoms with Crippen molar-refractivity contribution in [1.29, 1.82) is 0 Å². The standard InChI is InChI=1S/C25H28N2OS.C4H4O4/c1-18-8-13-24-23(16-18)25(22-7-5-4-6-19(22)17-29-24)26-20-9-11-21(12-10-20)28-15-14-27(2)3;5-3(6)1-2-4(7)8/h4-13,16,25-26H,14-15,17H2,1-3H3;1-2H,(H,5,6)(H,7,8). The van der Waals surface area contributed by atoms with Crippen molar-refractivity contribution in [2.24, 2.45) is 0 Å². The number of carbonyl (C=O) groups is 2. The highest BCUT2D eigenvalue weighted by Gasteiger charge is 2.24. The van der Waals surface area contributed by atoms with Gasteiger partial charge in [0.15, 0.2) is 0 Å². The molecule has 0 aliphatic carbocycles. The summed E-state index contributed by atoms with van der Waals surface area (Å²) >= 11 is 1.93. The number of fused-ring (bicyclic) bond motifs is 2. The zero-order chi connectivity index (χ0) is 26.8. The molecule has 0 radical (unpaired) electrons. The van der Waals surface area contributed by atoms with E-state index < -0.39 is 11.9 Å². The summed E-state index contributed by atoms with van der Waals surface area (Å²) in [4.78, 5) is 22.6. The zero-order valence-electron chi connectivity index (χ0n) is 21.2. The van der Waals surface area contributed by atoms with Crippen LogP contribution in [-0.2, 0) is 15.3 Å². The summed E-state index contributed by atoms with van der Waals surface area (Å²) in [6.07, 6.45) is 1.12. The van der Waals surface area contributed by atoms with Crippen LogP contribution in [0.15, 0.2) is 83.8 Å². The maximum atomic E-state index is 9.55. The minimum atomic E-state index is -1.26. The molecule has 3 aromatic rings. The summed E-state index contributed by atoms with van der Waals surface area (Å²) in [6, 6.07) is 24.0. The number of hydrogen-bond donors (Lipinski definition) is 3. The van der Waals surface area contributed by atoms with Gasteiger partial charge in [0.25, 0.3) is 0 Å². The highest BCUT2D eigenvalue weighted by Crippen LogP contribution is 2.41. The highest BCUT2D eigenvalue weighted by atomic mass is 32.2. The number of benzene rings is 3. The lowest BCUT2D eigenvalue weighted by atomic mass is 9.94. The fourth-order valence-corrected chi connectivity index (χ4v) is 4.84. The molecule has 0 spiro atoms. The minimum Gasteiger partial charge on any atom is -0.492 e. The molecule has 8 heteroatoms. The summed E-state index contributed by atoms with van der Waals surface area (Å²) in [6.45, 7) is 3.77. The van der Waals surface area contributed by atoms with E-state index in [-0.39, 0.29) is 6.04 Å². The molecule has 3 aromatic carbocycles. The third-order valence-corrected chi connectivity index (χ3v) is 6.70. The Morgan fingerprint density at radius 1 is 1.00 bits per heavy atom. The van der Waals surface area contributed by atoms with Crippen molar-refractivity contribution in [3.05, 3.63) is 101 Å². The van der Waals surface area contributed by atoms with Gasteiger partial charge in [0.1, 0.15) is 12.4 Å². The van der Waals surface area contributed by atoms with Gasteiger partial charge in [-0.3, -0.25) is 0 Å². The van der Waals surface area contributed by atoms with Gasteiger partial charge in [-0.25, -0.2) is 9.59 Å². The van der Waals surface area contributed by atoms with Crippen molar-refractivity contribution in [1.82, 2.24) is 4.90 Å². The van der Waals surface area contributed by atoms with Crippen LogP contribution in [0, 0.1) is 6.92 Å². The van der Waals surface area contributed by atoms with E-state index in [2.05, 4.69) is 85.8 Å². The Morgan fingerprint density at radius 2 is 1.68 bits per heavy atom. The Balaban J connectivity index is 0.000000414. The Hall–Kier alpha value is -3.75. The molecule has 0 saturated heterocycles. The monoisotopic (exact) mass is 520 g/mol. The molecular weight excluding hydrogens is 488 g/mol. The molecule has 1 heterocycles. The number of carboxylic acids is 2. The lowest BCUT2D eigenvalue weighted by Gasteiger charge is -2.23. The van der Waals surface area contributed by atoms with Crippen molar-refractivity contribution in [2.45, 2.75) is 23.6 Å². The van der Waals surface area contributed by atoms with Gasteiger partial charge in [-0.05, 0) is 68.0 Å². The Bertz CT molecular complexity index is 1230. The molecule has 0 saturated carbocycles. The number of ether oxygens (including phenoxy) is 1. The van der Waals surface area contributed by atoms with Crippen LogP contribution >= 0.6 is 11.8 Å². The number of thioether (sulfide) groups is 1. The first-order valence-corrected chi connectivity index (χ1v) is 12.8. The molecule has 0 amide bonds. The number of hydrogen-bond acceptors (Lipinski definition) is 6. The van der Waals surface area contributed by atoms with E-state index in [1.165, 1.54) is 27.1 Å². The number of aryl methyl sites for hydroxylation is 1. The third-order valence-electron chi connectivity index (χ3n) is 5.57. The second-order valence-electron chi connectivity index (χ2n) is 8.79. The van der Waals surface area contributed by atoms with E-state index in [0.717, 1.165) is 23.7 Å². The average molecular weight is 521 g/mol. The van der Waals surface area contributed by atoms with Crippen LogP contribution in [0.25, 0.3) is 0 Å². The fraction of sp³-hybridized carbons (Fsp3) is 0.241. The van der Waals surface area contributed by atoms with E-state index in [4.69, 9.17) is 14.9 Å². The molecule has 1 atom stereocenters. The molecule has 0 bridgehead atoms. The first-order valence-electron chi connectivity index (χ1n) is 11.8. The average Bonchev–Trinajstić information content (AvgIpc) is 3.01. The number of anilines is 1. The van der Waals surface area contributed by atoms with Crippen LogP contribution in [0.2, 0.25) is 0 Å². The predicted octanol–water partition coefficient (Wildman–Crippen LogP) is 5.45. The summed E-state index contributed by atoms with van der Waals surface area (Å²) < 4.78 is 5.84. The summed E-state index contributed by atoms with van der Waals surface area (Å²) in [5.74, 6) is -0.603. The molecule has 1 aliphatic rings. The molecule has 194 valence electrons. The van der Waals surface area contributed by atoms with Crippen molar-refractivity contribution in [2.75, 3.05) is 32.6 Å². The molecule has 7 nitrogen and oxygen atoms in total. The molecule has 1 aliphatic heterocycles. The van der Waals surface area contributed by atoms with Gasteiger partial charge in [-0.2, -0.15) is 0 Å². The van der Waals surface area contributed by atoms with Crippen LogP contribution < -0.4 is 10.1 Å². The first kappa shape index (κ1) is 27.8. The van der Waals surface area contributed by atoms with E-state index in [1.54, 1.807) is 0 Å². The first-order chi connectivity index (χ1) is 17.7. The van der Waals surface area contributed by atoms with Crippen LogP contribution in [0.3, 0.4) is 0 Å². The lowest BCUT2D eigenvalue weighted by molar-refractivity contribution is -0.134. The zero-order valence-corrected chi connectivity index (χ0v) is 22.0. The minimum absolute atomic E-state index is 0.136. The van der Waals surface area contributed by atoms with Crippen LogP contribution in [0.1, 0.15) is 28.3 Å². The number of nitrogens with zero attached hydrogens (tertiary/aromatic N) is 1. The highest BCUT2D eigenvalue weighted by molar-refractivity contribution is 7.98. The molecule has 37 heavy (non-hydrogen) atoms. The maximum absolute atomic E-state index is 9.55. The van der Waals surface area contributed by atoms with Gasteiger partial charge in [0.05, 0.1) is 6.04 Å². The SMILES string of the molecule is Cc1ccc2c(c1)C(Nc1ccc(OCCN(C)C)cc1)c1ccccc1CS2.O=C(O)C=CC(=O)O. The van der Waals surface area contributed by atoms with Gasteiger partial charge >= 0.3 is 11.9 Å². The van der Waals surface area contributed by atoms with Gasteiger partial charge in [0.2, 0.25) is 0 Å². The Kier molecular flexibility index (Phi) is 10.2. The van der Waals surface area contributed by atoms with Crippen molar-refractivity contribution < 1.29 is 24.5 Å². The van der Waals surface area contributed by atoms with E-state index in [9.17, 15) is 9.59 Å². The Labute approximate surface area is 221 Å². The predicted molar refractivity (Wildman–Crippen MR) is 148 cm³/mol. The maximum Gasteiger partial charge on any atom is 0.328 e. The molecule has 1 unspecified atom stereocenters. The fourth-order valence-electron chi connectivity index (χ4n) is 3.75. The molecule has 0 fully saturated rings. The summed E-state index contributed by atoms with van der Waals surface area (Å²) in [5, 5.41) is 19.4. The Morgan fingerprint density at radius 3 is 2.32 bits per heavy atom. The van der Waals surface area contributed by atoms with Gasteiger partial charge in [0, 0.05) is 35.0 Å². The smallest absolute Gasteiger partial charge is 0.328 e. The van der Waals surface area contributed by atoms with Gasteiger partial charge in [-0.1, -0.05) is 42.0 Å². The molecule has 3 N–H and O–H groups in total. The van der Waals surface area contributed by atoms with Crippen molar-refractivity contribution in [3.63, 3.8) is 0 Å². The summed E-state index contributed by atoms with van der Waals surface area (Å²) in [7, 11) is 4.11. The number of nitrogens with one attached hydrogen (secondary N) is 1. The second kappa shape index (κ2) is 13.5. The van der Waals surface area contributed by atoms with E-state index >= 15 is 0 Å². The largest absolute Gasteiger partial charge is 0.492 e. The van der Waals surface area contributed by atoms with Crippen LogP contribution in [0.4, 0.5) is 5.69 Å². The number of likely N-dealkylation sites (N-methyl/N-ethyl adjacent to an activating group) is 1. The number of carboxylic acid groups (broad SMARTS) is 2. The molecular formula is C29H32N2O5S. The second-order valence-corrected chi connectivity index (χ2v) is 9.81. The summed E-state index contributed by atoms with van der Waals surface area (Å²) in [5.41, 5.74) is 6.50. The number of rotatable bonds is 8. The van der Waals surface area contributed by atoms with Crippen LogP contribution in [-0.4, -0.2) is 54.3 Å². The third kappa shape index (κ3) is 8.70. The molecule has 4 rings (SSSR count). The lowest BCUT2D eigenvalue weighted by Crippen LogP contribution is -2.19. The van der Waals surface area contributed by atoms with Gasteiger partial charge < -0.3 is 25.2 Å². The number of aliphatic carboxylic acids is 2. The van der Waals surface area contributed by atoms with Gasteiger partial charge in [-0.15, -0.1) is 11.8 Å². The van der Waals surface area contributed by atoms with Crippen molar-refractivity contribution in [3.8, 4) is 5.75 Å². The van der Waals surface area contributed by atoms with E-state index in [1.807, 2.05) is 23.9 Å².